The summed E-state index contributed by atoms with van der Waals surface area (Å²) >= 11 is 5.36. The van der Waals surface area contributed by atoms with Gasteiger partial charge in [-0.3, -0.25) is 29.1 Å². The second kappa shape index (κ2) is 20.9. The van der Waals surface area contributed by atoms with Gasteiger partial charge in [-0.1, -0.05) is 20.8 Å². The van der Waals surface area contributed by atoms with Gasteiger partial charge in [-0.05, 0) is 74.7 Å². The molecule has 2 aliphatic heterocycles. The van der Waals surface area contributed by atoms with Crippen molar-refractivity contribution in [1.29, 1.82) is 5.26 Å². The van der Waals surface area contributed by atoms with Crippen molar-refractivity contribution in [1.82, 2.24) is 25.5 Å². The van der Waals surface area contributed by atoms with E-state index in [4.69, 9.17) is 31.4 Å². The van der Waals surface area contributed by atoms with E-state index in [0.717, 1.165) is 29.3 Å². The van der Waals surface area contributed by atoms with Crippen LogP contribution in [-0.2, 0) is 42.8 Å². The molecule has 4 aromatic rings. The Balaban J connectivity index is 1.04. The van der Waals surface area contributed by atoms with E-state index < -0.39 is 122 Å². The van der Waals surface area contributed by atoms with Gasteiger partial charge in [-0.15, -0.1) is 0 Å². The van der Waals surface area contributed by atoms with E-state index in [0.29, 0.717) is 28.9 Å². The minimum absolute atomic E-state index is 0.00760. The van der Waals surface area contributed by atoms with Crippen LogP contribution >= 0.6 is 12.2 Å². The lowest BCUT2D eigenvalue weighted by molar-refractivity contribution is -0.144. The van der Waals surface area contributed by atoms with Crippen molar-refractivity contribution in [3.05, 3.63) is 89.3 Å². The number of aliphatic hydroxyl groups is 1. The van der Waals surface area contributed by atoms with Gasteiger partial charge in [0.25, 0.3) is 5.91 Å². The number of halogens is 8. The lowest BCUT2D eigenvalue weighted by Gasteiger charge is -2.35. The van der Waals surface area contributed by atoms with Crippen LogP contribution in [0.2, 0.25) is 0 Å². The molecule has 2 aromatic carbocycles. The van der Waals surface area contributed by atoms with Gasteiger partial charge >= 0.3 is 12.4 Å². The number of benzene rings is 2. The number of carbonyl (C=O) groups excluding carboxylic acids is 4. The summed E-state index contributed by atoms with van der Waals surface area (Å²) < 4.78 is 132. The number of alkyl halides is 6. The van der Waals surface area contributed by atoms with Crippen molar-refractivity contribution >= 4 is 52.3 Å². The largest absolute Gasteiger partial charge is 0.494 e. The highest BCUT2D eigenvalue weighted by atomic mass is 32.1. The normalized spacial score (nSPS) is 17.6. The number of pyridine rings is 1. The Morgan fingerprint density at radius 3 is 2.35 bits per heavy atom. The molecule has 16 nitrogen and oxygen atoms in total. The number of oxazole rings is 1. The number of nitrogens with zero attached hydrogens (tertiary/aromatic N) is 6. The Morgan fingerprint density at radius 1 is 1.03 bits per heavy atom. The Hall–Kier alpha value is -6.78. The number of rotatable bonds is 16. The number of hydrogen-bond acceptors (Lipinski definition) is 12. The molecule has 3 N–H and O–H groups in total. The summed E-state index contributed by atoms with van der Waals surface area (Å²) in [5.74, 6) is -5.94. The Kier molecular flexibility index (Phi) is 15.8. The molecule has 2 aromatic heterocycles. The van der Waals surface area contributed by atoms with Gasteiger partial charge in [0, 0.05) is 31.2 Å². The van der Waals surface area contributed by atoms with Crippen molar-refractivity contribution in [2.75, 3.05) is 36.2 Å². The van der Waals surface area contributed by atoms with Crippen molar-refractivity contribution in [3.8, 4) is 23.1 Å². The number of likely N-dealkylation sites (tertiary alicyclic amines) is 1. The highest BCUT2D eigenvalue weighted by molar-refractivity contribution is 7.81. The summed E-state index contributed by atoms with van der Waals surface area (Å²) in [6, 6.07) is 3.98. The zero-order valence-electron chi connectivity index (χ0n) is 38.5. The number of nitriles is 1. The van der Waals surface area contributed by atoms with E-state index in [-0.39, 0.29) is 57.0 Å². The standard InChI is InChI=1S/C46H46F8N8O8S/c1-43(2,3)38(40(66)60-21-26(63)15-33(60)39(65)58-20-28-19-56-23-70-28)59-34(64)22-68-12-6-7-13-69-27-9-10-29(30(16-27)45(49,50)51)37-31(47)14-25(18-57-37)62-42(71)61(41(67)44(62,4)5)32-11-8-24(17-55)35(36(32)48)46(52,53)54/h8-11,14,16,18-19,23,26,33,38,63H,6-7,12-13,15,20-22H2,1-5H3,(H,58,65)(H,59,64)/t26-,33+,38-/m1/s1. The van der Waals surface area contributed by atoms with E-state index >= 15 is 8.78 Å². The molecule has 4 heterocycles. The predicted octanol–water partition coefficient (Wildman–Crippen LogP) is 6.83. The van der Waals surface area contributed by atoms with Gasteiger partial charge < -0.3 is 39.4 Å². The fourth-order valence-corrected chi connectivity index (χ4v) is 8.47. The zero-order valence-corrected chi connectivity index (χ0v) is 39.3. The maximum Gasteiger partial charge on any atom is 0.420 e. The van der Waals surface area contributed by atoms with Gasteiger partial charge in [0.1, 0.15) is 47.0 Å². The number of aromatic nitrogens is 2. The number of anilines is 2. The van der Waals surface area contributed by atoms with E-state index in [1.165, 1.54) is 37.4 Å². The molecule has 2 fully saturated rings. The molecular weight excluding hydrogens is 977 g/mol. The van der Waals surface area contributed by atoms with Crippen LogP contribution in [0.15, 0.2) is 59.6 Å². The fourth-order valence-electron chi connectivity index (χ4n) is 7.96. The van der Waals surface area contributed by atoms with Gasteiger partial charge in [-0.25, -0.2) is 13.8 Å². The van der Waals surface area contributed by atoms with E-state index in [2.05, 4.69) is 20.6 Å². The first-order chi connectivity index (χ1) is 33.2. The Bertz CT molecular complexity index is 2720. The minimum Gasteiger partial charge on any atom is -0.494 e. The number of hydrogen-bond donors (Lipinski definition) is 3. The molecule has 0 saturated carbocycles. The zero-order chi connectivity index (χ0) is 52.4. The van der Waals surface area contributed by atoms with E-state index in [9.17, 15) is 50.6 Å². The van der Waals surface area contributed by atoms with Crippen LogP contribution < -0.4 is 25.2 Å². The molecule has 71 heavy (non-hydrogen) atoms. The molecule has 0 spiro atoms. The number of nitrogens with one attached hydrogen (secondary N) is 2. The van der Waals surface area contributed by atoms with E-state index in [1.54, 1.807) is 20.8 Å². The molecule has 3 atom stereocenters. The third-order valence-corrected chi connectivity index (χ3v) is 11.8. The first kappa shape index (κ1) is 53.6. The smallest absolute Gasteiger partial charge is 0.420 e. The number of aliphatic hydroxyl groups excluding tert-OH is 1. The summed E-state index contributed by atoms with van der Waals surface area (Å²) in [6.45, 7) is 6.95. The van der Waals surface area contributed by atoms with Crippen LogP contribution in [0.1, 0.15) is 76.3 Å². The number of ether oxygens (including phenoxy) is 2. The number of thiocarbonyl (C=S) groups is 1. The topological polar surface area (TPSA) is 203 Å². The number of unbranched alkanes of at least 4 members (excludes halogenated alkanes) is 1. The number of carbonyl (C=O) groups is 4. The molecule has 0 aliphatic carbocycles. The molecule has 0 bridgehead atoms. The van der Waals surface area contributed by atoms with Crippen molar-refractivity contribution in [2.45, 2.75) is 96.5 Å². The first-order valence-corrected chi connectivity index (χ1v) is 22.1. The van der Waals surface area contributed by atoms with Crippen molar-refractivity contribution in [3.63, 3.8) is 0 Å². The summed E-state index contributed by atoms with van der Waals surface area (Å²) in [5, 5.41) is 24.2. The van der Waals surface area contributed by atoms with Gasteiger partial charge in [0.15, 0.2) is 23.1 Å². The molecule has 380 valence electrons. The number of β-amino-alcohol motifs (C(OH)–C–C–N with tert-alkyl or cyclic N) is 1. The van der Waals surface area contributed by atoms with E-state index in [1.807, 2.05) is 0 Å². The van der Waals surface area contributed by atoms with Crippen molar-refractivity contribution < 1.29 is 73.3 Å². The van der Waals surface area contributed by atoms with Crippen LogP contribution in [-0.4, -0.2) is 98.8 Å². The molecule has 6 rings (SSSR count). The summed E-state index contributed by atoms with van der Waals surface area (Å²) in [6.07, 6.45) is -7.35. The predicted molar refractivity (Wildman–Crippen MR) is 239 cm³/mol. The lowest BCUT2D eigenvalue weighted by atomic mass is 9.85. The molecule has 25 heteroatoms. The number of amides is 4. The second-order valence-electron chi connectivity index (χ2n) is 18.0. The van der Waals surface area contributed by atoms with Gasteiger partial charge in [0.05, 0.1) is 60.2 Å². The first-order valence-electron chi connectivity index (χ1n) is 21.7. The minimum atomic E-state index is -5.34. The molecule has 4 amide bonds. The summed E-state index contributed by atoms with van der Waals surface area (Å²) in [5.41, 5.74) is -9.68. The highest BCUT2D eigenvalue weighted by Crippen LogP contribution is 2.44. The second-order valence-corrected chi connectivity index (χ2v) is 18.4. The molecule has 0 unspecified atom stereocenters. The maximum absolute atomic E-state index is 15.9. The van der Waals surface area contributed by atoms with Gasteiger partial charge in [0.2, 0.25) is 17.7 Å². The SMILES string of the molecule is CC(C)(C)[C@H](NC(=O)COCCCCOc1ccc(-c2ncc(N3C(=S)N(c4ccc(C#N)c(C(F)(F)F)c4F)C(=O)C3(C)C)cc2F)c(C(F)(F)F)c1)C(=O)N1C[C@H](O)C[C@H]1C(=O)NCc1cnco1. The fraction of sp³-hybridized carbons (Fsp3) is 0.435. The summed E-state index contributed by atoms with van der Waals surface area (Å²) in [7, 11) is 0. The monoisotopic (exact) mass is 1020 g/mol. The quantitative estimate of drug-likeness (QED) is 0.0600. The molecule has 0 radical (unpaired) electrons. The van der Waals surface area contributed by atoms with Crippen LogP contribution in [0.5, 0.6) is 5.75 Å². The van der Waals surface area contributed by atoms with Crippen LogP contribution in [0.4, 0.5) is 46.5 Å². The van der Waals surface area contributed by atoms with Crippen LogP contribution in [0.25, 0.3) is 11.3 Å². The Morgan fingerprint density at radius 2 is 1.73 bits per heavy atom. The summed E-state index contributed by atoms with van der Waals surface area (Å²) in [4.78, 5) is 63.6. The maximum atomic E-state index is 15.9. The molecule has 2 saturated heterocycles. The van der Waals surface area contributed by atoms with Crippen molar-refractivity contribution in [2.24, 2.45) is 5.41 Å². The average molecular weight is 1020 g/mol. The lowest BCUT2D eigenvalue weighted by Crippen LogP contribution is -2.58. The average Bonchev–Trinajstić information content (AvgIpc) is 3.99. The molecular formula is C46H46F8N8O8S. The Labute approximate surface area is 405 Å². The van der Waals surface area contributed by atoms with Crippen LogP contribution in [0, 0.1) is 28.4 Å². The van der Waals surface area contributed by atoms with Crippen LogP contribution in [0.3, 0.4) is 0 Å². The third kappa shape index (κ3) is 11.7. The highest BCUT2D eigenvalue weighted by Gasteiger charge is 2.52. The molecule has 2 aliphatic rings. The third-order valence-electron chi connectivity index (χ3n) is 11.5. The van der Waals surface area contributed by atoms with Gasteiger partial charge in [-0.2, -0.15) is 31.6 Å².